The van der Waals surface area contributed by atoms with E-state index >= 15 is 0 Å². The molecule has 1 N–H and O–H groups in total. The Bertz CT molecular complexity index is 428. The first-order valence-electron chi connectivity index (χ1n) is 7.47. The molecule has 1 heterocycles. The van der Waals surface area contributed by atoms with Gasteiger partial charge in [0.05, 0.1) is 20.3 Å². The minimum absolute atomic E-state index is 0.120. The maximum absolute atomic E-state index is 11.8. The molecular formula is C16H24N2O3. The number of carbonyl (C=O) groups excluding carboxylic acids is 1. The monoisotopic (exact) mass is 292 g/mol. The molecule has 1 aromatic rings. The smallest absolute Gasteiger partial charge is 0.221 e. The van der Waals surface area contributed by atoms with E-state index < -0.39 is 0 Å². The highest BCUT2D eigenvalue weighted by atomic mass is 16.5. The fourth-order valence-electron chi connectivity index (χ4n) is 2.31. The van der Waals surface area contributed by atoms with Gasteiger partial charge in [-0.15, -0.1) is 0 Å². The zero-order valence-corrected chi connectivity index (χ0v) is 12.6. The van der Waals surface area contributed by atoms with Crippen LogP contribution >= 0.6 is 0 Å². The molecule has 1 fully saturated rings. The van der Waals surface area contributed by atoms with Gasteiger partial charge >= 0.3 is 0 Å². The molecule has 1 amide bonds. The van der Waals surface area contributed by atoms with Crippen LogP contribution in [0.25, 0.3) is 0 Å². The summed E-state index contributed by atoms with van der Waals surface area (Å²) in [5.74, 6) is 0.975. The molecule has 1 saturated heterocycles. The number of ether oxygens (including phenoxy) is 2. The minimum atomic E-state index is 0.120. The first kappa shape index (κ1) is 15.8. The van der Waals surface area contributed by atoms with Crippen molar-refractivity contribution in [1.29, 1.82) is 0 Å². The number of nitrogens with zero attached hydrogens (tertiary/aromatic N) is 1. The molecule has 0 bridgehead atoms. The zero-order chi connectivity index (χ0) is 14.9. The molecule has 1 aromatic carbocycles. The molecule has 0 saturated carbocycles. The van der Waals surface area contributed by atoms with E-state index in [0.29, 0.717) is 13.0 Å². The van der Waals surface area contributed by atoms with Crippen LogP contribution in [0.3, 0.4) is 0 Å². The second-order valence-electron chi connectivity index (χ2n) is 5.15. The average molecular weight is 292 g/mol. The van der Waals surface area contributed by atoms with Gasteiger partial charge in [-0.3, -0.25) is 9.69 Å². The molecule has 116 valence electrons. The summed E-state index contributed by atoms with van der Waals surface area (Å²) in [4.78, 5) is 14.1. The van der Waals surface area contributed by atoms with Crippen LogP contribution in [0.15, 0.2) is 24.3 Å². The number of morpholine rings is 1. The highest BCUT2D eigenvalue weighted by molar-refractivity contribution is 5.76. The largest absolute Gasteiger partial charge is 0.497 e. The minimum Gasteiger partial charge on any atom is -0.497 e. The fourth-order valence-corrected chi connectivity index (χ4v) is 2.31. The van der Waals surface area contributed by atoms with E-state index in [4.69, 9.17) is 9.47 Å². The van der Waals surface area contributed by atoms with Crippen LogP contribution in [-0.4, -0.2) is 57.3 Å². The summed E-state index contributed by atoms with van der Waals surface area (Å²) in [7, 11) is 1.66. The van der Waals surface area contributed by atoms with Gasteiger partial charge in [-0.1, -0.05) is 12.1 Å². The lowest BCUT2D eigenvalue weighted by molar-refractivity contribution is -0.121. The van der Waals surface area contributed by atoms with Crippen molar-refractivity contribution >= 4 is 5.91 Å². The zero-order valence-electron chi connectivity index (χ0n) is 12.6. The molecule has 0 atom stereocenters. The Hall–Kier alpha value is -1.59. The van der Waals surface area contributed by atoms with Gasteiger partial charge in [-0.25, -0.2) is 0 Å². The molecule has 21 heavy (non-hydrogen) atoms. The summed E-state index contributed by atoms with van der Waals surface area (Å²) in [6, 6.07) is 7.93. The quantitative estimate of drug-likeness (QED) is 0.817. The van der Waals surface area contributed by atoms with Gasteiger partial charge in [0.1, 0.15) is 5.75 Å². The van der Waals surface area contributed by atoms with Crippen LogP contribution in [0.1, 0.15) is 12.0 Å². The highest BCUT2D eigenvalue weighted by Gasteiger charge is 2.11. The number of rotatable bonds is 7. The molecule has 0 aliphatic carbocycles. The van der Waals surface area contributed by atoms with E-state index in [0.717, 1.165) is 45.0 Å². The van der Waals surface area contributed by atoms with E-state index in [1.807, 2.05) is 24.3 Å². The van der Waals surface area contributed by atoms with Crippen LogP contribution in [0, 0.1) is 0 Å². The van der Waals surface area contributed by atoms with Gasteiger partial charge in [0.25, 0.3) is 0 Å². The fraction of sp³-hybridized carbons (Fsp3) is 0.562. The van der Waals surface area contributed by atoms with E-state index in [-0.39, 0.29) is 5.91 Å². The van der Waals surface area contributed by atoms with Crippen LogP contribution in [0.5, 0.6) is 5.75 Å². The molecule has 0 spiro atoms. The Kier molecular flexibility index (Phi) is 6.50. The first-order valence-corrected chi connectivity index (χ1v) is 7.47. The molecule has 5 heteroatoms. The van der Waals surface area contributed by atoms with Crippen molar-refractivity contribution in [3.63, 3.8) is 0 Å². The van der Waals surface area contributed by atoms with E-state index in [1.54, 1.807) is 7.11 Å². The van der Waals surface area contributed by atoms with E-state index in [9.17, 15) is 4.79 Å². The molecule has 1 aliphatic heterocycles. The van der Waals surface area contributed by atoms with Gasteiger partial charge in [-0.2, -0.15) is 0 Å². The third-order valence-corrected chi connectivity index (χ3v) is 3.65. The maximum atomic E-state index is 11.8. The van der Waals surface area contributed by atoms with Crippen molar-refractivity contribution < 1.29 is 14.3 Å². The first-order chi connectivity index (χ1) is 10.3. The average Bonchev–Trinajstić information content (AvgIpc) is 2.54. The summed E-state index contributed by atoms with van der Waals surface area (Å²) in [5.41, 5.74) is 1.20. The number of nitrogens with one attached hydrogen (secondary N) is 1. The standard InChI is InChI=1S/C16H24N2O3/c1-20-15-4-2-14(3-5-15)6-8-17-16(19)7-9-18-10-12-21-13-11-18/h2-5H,6-13H2,1H3,(H,17,19). The van der Waals surface area contributed by atoms with Gasteiger partial charge in [0.15, 0.2) is 0 Å². The van der Waals surface area contributed by atoms with Crippen LogP contribution in [-0.2, 0) is 16.0 Å². The maximum Gasteiger partial charge on any atom is 0.221 e. The number of carbonyl (C=O) groups is 1. The second-order valence-corrected chi connectivity index (χ2v) is 5.15. The van der Waals surface area contributed by atoms with Crippen LogP contribution in [0.4, 0.5) is 0 Å². The number of hydrogen-bond donors (Lipinski definition) is 1. The predicted molar refractivity (Wildman–Crippen MR) is 81.6 cm³/mol. The summed E-state index contributed by atoms with van der Waals surface area (Å²) >= 11 is 0. The Labute approximate surface area is 126 Å². The lowest BCUT2D eigenvalue weighted by atomic mass is 10.1. The number of hydrogen-bond acceptors (Lipinski definition) is 4. The Morgan fingerprint density at radius 1 is 1.29 bits per heavy atom. The SMILES string of the molecule is COc1ccc(CCNC(=O)CCN2CCOCC2)cc1. The highest BCUT2D eigenvalue weighted by Crippen LogP contribution is 2.11. The van der Waals surface area contributed by atoms with Crippen molar-refractivity contribution in [2.75, 3.05) is 46.5 Å². The van der Waals surface area contributed by atoms with Crippen molar-refractivity contribution in [1.82, 2.24) is 10.2 Å². The number of methoxy groups -OCH3 is 1. The van der Waals surface area contributed by atoms with E-state index in [2.05, 4.69) is 10.2 Å². The third kappa shape index (κ3) is 5.73. The predicted octanol–water partition coefficient (Wildman–Crippen LogP) is 1.08. The molecule has 0 radical (unpaired) electrons. The van der Waals surface area contributed by atoms with Crippen LogP contribution < -0.4 is 10.1 Å². The number of benzene rings is 1. The summed E-state index contributed by atoms with van der Waals surface area (Å²) in [6.45, 7) is 4.91. The Morgan fingerprint density at radius 3 is 2.67 bits per heavy atom. The Morgan fingerprint density at radius 2 is 2.00 bits per heavy atom. The lowest BCUT2D eigenvalue weighted by Crippen LogP contribution is -2.39. The van der Waals surface area contributed by atoms with Gasteiger partial charge < -0.3 is 14.8 Å². The normalized spacial score (nSPS) is 15.7. The topological polar surface area (TPSA) is 50.8 Å². The number of amides is 1. The molecule has 0 aromatic heterocycles. The van der Waals surface area contributed by atoms with Crippen molar-refractivity contribution in [3.8, 4) is 5.75 Å². The van der Waals surface area contributed by atoms with E-state index in [1.165, 1.54) is 5.56 Å². The van der Waals surface area contributed by atoms with Crippen molar-refractivity contribution in [3.05, 3.63) is 29.8 Å². The molecule has 2 rings (SSSR count). The van der Waals surface area contributed by atoms with Gasteiger partial charge in [-0.05, 0) is 24.1 Å². The van der Waals surface area contributed by atoms with Crippen molar-refractivity contribution in [2.24, 2.45) is 0 Å². The van der Waals surface area contributed by atoms with Gasteiger partial charge in [0, 0.05) is 32.6 Å². The summed E-state index contributed by atoms with van der Waals surface area (Å²) in [6.07, 6.45) is 1.40. The van der Waals surface area contributed by atoms with Crippen molar-refractivity contribution in [2.45, 2.75) is 12.8 Å². The molecule has 0 unspecified atom stereocenters. The van der Waals surface area contributed by atoms with Gasteiger partial charge in [0.2, 0.25) is 5.91 Å². The third-order valence-electron chi connectivity index (χ3n) is 3.65. The summed E-state index contributed by atoms with van der Waals surface area (Å²) in [5, 5.41) is 2.97. The Balaban J connectivity index is 1.59. The molecule has 5 nitrogen and oxygen atoms in total. The lowest BCUT2D eigenvalue weighted by Gasteiger charge is -2.26. The molecule has 1 aliphatic rings. The van der Waals surface area contributed by atoms with Crippen LogP contribution in [0.2, 0.25) is 0 Å². The summed E-state index contributed by atoms with van der Waals surface area (Å²) < 4.78 is 10.4. The second kappa shape index (κ2) is 8.64. The molecular weight excluding hydrogens is 268 g/mol.